The van der Waals surface area contributed by atoms with Crippen molar-refractivity contribution in [2.24, 2.45) is 11.8 Å². The van der Waals surface area contributed by atoms with Crippen LogP contribution in [0.25, 0.3) is 0 Å². The fourth-order valence-electron chi connectivity index (χ4n) is 2.38. The molecule has 1 amide bonds. The van der Waals surface area contributed by atoms with Gasteiger partial charge in [-0.1, -0.05) is 42.6 Å². The number of rotatable bonds is 3. The average molecular weight is 262 g/mol. The number of alkyl halides is 1. The van der Waals surface area contributed by atoms with Gasteiger partial charge in [-0.2, -0.15) is 0 Å². The van der Waals surface area contributed by atoms with E-state index < -0.39 is 0 Å². The maximum Gasteiger partial charge on any atom is 0.230 e. The highest BCUT2D eigenvalue weighted by Crippen LogP contribution is 2.30. The highest BCUT2D eigenvalue weighted by molar-refractivity contribution is 9.09. The van der Waals surface area contributed by atoms with E-state index in [1.807, 2.05) is 0 Å². The van der Waals surface area contributed by atoms with Crippen LogP contribution in [0, 0.1) is 11.8 Å². The lowest BCUT2D eigenvalue weighted by Gasteiger charge is -2.34. The molecular weight excluding hydrogens is 242 g/mol. The first-order chi connectivity index (χ1) is 6.65. The SMILES string of the molecule is CC(C)C1CCCCC1NC(=O)CBr. The summed E-state index contributed by atoms with van der Waals surface area (Å²) in [6.07, 6.45) is 5.01. The van der Waals surface area contributed by atoms with E-state index in [0.29, 0.717) is 23.2 Å². The van der Waals surface area contributed by atoms with Gasteiger partial charge in [-0.25, -0.2) is 0 Å². The number of nitrogens with one attached hydrogen (secondary N) is 1. The van der Waals surface area contributed by atoms with E-state index in [2.05, 4.69) is 35.1 Å². The summed E-state index contributed by atoms with van der Waals surface area (Å²) < 4.78 is 0. The van der Waals surface area contributed by atoms with Gasteiger partial charge in [0, 0.05) is 6.04 Å². The van der Waals surface area contributed by atoms with Gasteiger partial charge in [0.05, 0.1) is 5.33 Å². The van der Waals surface area contributed by atoms with Crippen LogP contribution in [-0.4, -0.2) is 17.3 Å². The minimum Gasteiger partial charge on any atom is -0.352 e. The first-order valence-electron chi connectivity index (χ1n) is 5.50. The molecule has 1 fully saturated rings. The van der Waals surface area contributed by atoms with Gasteiger partial charge in [-0.05, 0) is 24.7 Å². The number of amides is 1. The minimum atomic E-state index is 0.127. The fourth-order valence-corrected chi connectivity index (χ4v) is 2.54. The van der Waals surface area contributed by atoms with E-state index in [4.69, 9.17) is 0 Å². The standard InChI is InChI=1S/C11H20BrNO/c1-8(2)9-5-3-4-6-10(9)13-11(14)7-12/h8-10H,3-7H2,1-2H3,(H,13,14). The predicted octanol–water partition coefficient (Wildman–Crippen LogP) is 2.71. The third-order valence-electron chi connectivity index (χ3n) is 3.14. The van der Waals surface area contributed by atoms with Crippen molar-refractivity contribution < 1.29 is 4.79 Å². The van der Waals surface area contributed by atoms with Crippen LogP contribution in [0.4, 0.5) is 0 Å². The van der Waals surface area contributed by atoms with Gasteiger partial charge >= 0.3 is 0 Å². The van der Waals surface area contributed by atoms with Gasteiger partial charge in [-0.15, -0.1) is 0 Å². The van der Waals surface area contributed by atoms with Crippen LogP contribution in [0.1, 0.15) is 39.5 Å². The molecule has 1 aliphatic carbocycles. The van der Waals surface area contributed by atoms with Crippen molar-refractivity contribution in [2.45, 2.75) is 45.6 Å². The van der Waals surface area contributed by atoms with Crippen molar-refractivity contribution >= 4 is 21.8 Å². The zero-order chi connectivity index (χ0) is 10.6. The summed E-state index contributed by atoms with van der Waals surface area (Å²) in [5, 5.41) is 3.54. The Hall–Kier alpha value is -0.0500. The number of hydrogen-bond acceptors (Lipinski definition) is 1. The lowest BCUT2D eigenvalue weighted by atomic mass is 9.78. The molecule has 0 aromatic carbocycles. The molecule has 14 heavy (non-hydrogen) atoms. The van der Waals surface area contributed by atoms with E-state index in [0.717, 1.165) is 6.42 Å². The van der Waals surface area contributed by atoms with Gasteiger partial charge < -0.3 is 5.32 Å². The fraction of sp³-hybridized carbons (Fsp3) is 0.909. The second-order valence-corrected chi connectivity index (χ2v) is 5.06. The molecule has 2 atom stereocenters. The van der Waals surface area contributed by atoms with Crippen LogP contribution >= 0.6 is 15.9 Å². The third-order valence-corrected chi connectivity index (χ3v) is 3.65. The van der Waals surface area contributed by atoms with E-state index in [1.165, 1.54) is 19.3 Å². The molecule has 0 radical (unpaired) electrons. The molecule has 3 heteroatoms. The maximum atomic E-state index is 11.3. The minimum absolute atomic E-state index is 0.127. The van der Waals surface area contributed by atoms with Crippen molar-refractivity contribution in [3.8, 4) is 0 Å². The van der Waals surface area contributed by atoms with E-state index in [-0.39, 0.29) is 5.91 Å². The van der Waals surface area contributed by atoms with Crippen molar-refractivity contribution in [3.05, 3.63) is 0 Å². The Labute approximate surface area is 95.0 Å². The van der Waals surface area contributed by atoms with Gasteiger partial charge in [0.1, 0.15) is 0 Å². The molecule has 0 spiro atoms. The largest absolute Gasteiger partial charge is 0.352 e. The summed E-state index contributed by atoms with van der Waals surface area (Å²) in [5.74, 6) is 1.48. The molecule has 2 unspecified atom stereocenters. The van der Waals surface area contributed by atoms with E-state index in [1.54, 1.807) is 0 Å². The highest BCUT2D eigenvalue weighted by atomic mass is 79.9. The topological polar surface area (TPSA) is 29.1 Å². The van der Waals surface area contributed by atoms with Crippen LogP contribution in [0.3, 0.4) is 0 Å². The molecule has 1 rings (SSSR count). The molecule has 0 heterocycles. The summed E-state index contributed by atoms with van der Waals surface area (Å²) in [5.41, 5.74) is 0. The van der Waals surface area contributed by atoms with Crippen LogP contribution in [0.2, 0.25) is 0 Å². The Morgan fingerprint density at radius 2 is 2.07 bits per heavy atom. The number of halogens is 1. The van der Waals surface area contributed by atoms with E-state index in [9.17, 15) is 4.79 Å². The van der Waals surface area contributed by atoms with E-state index >= 15 is 0 Å². The second-order valence-electron chi connectivity index (χ2n) is 4.50. The van der Waals surface area contributed by atoms with Crippen LogP contribution < -0.4 is 5.32 Å². The second kappa shape index (κ2) is 5.74. The molecule has 0 aliphatic heterocycles. The Morgan fingerprint density at radius 1 is 1.43 bits per heavy atom. The quantitative estimate of drug-likeness (QED) is 0.778. The zero-order valence-electron chi connectivity index (χ0n) is 9.05. The third kappa shape index (κ3) is 3.26. The Bertz CT molecular complexity index is 194. The lowest BCUT2D eigenvalue weighted by Crippen LogP contribution is -2.44. The summed E-state index contributed by atoms with van der Waals surface area (Å²) in [4.78, 5) is 11.3. The zero-order valence-corrected chi connectivity index (χ0v) is 10.6. The molecule has 0 aromatic rings. The van der Waals surface area contributed by atoms with Gasteiger partial charge in [-0.3, -0.25) is 4.79 Å². The molecule has 2 nitrogen and oxygen atoms in total. The monoisotopic (exact) mass is 261 g/mol. The average Bonchev–Trinajstić information content (AvgIpc) is 2.18. The smallest absolute Gasteiger partial charge is 0.230 e. The molecule has 82 valence electrons. The van der Waals surface area contributed by atoms with Crippen molar-refractivity contribution in [3.63, 3.8) is 0 Å². The summed E-state index contributed by atoms with van der Waals surface area (Å²) in [6, 6.07) is 0.411. The van der Waals surface area contributed by atoms with Gasteiger partial charge in [0.25, 0.3) is 0 Å². The summed E-state index contributed by atoms with van der Waals surface area (Å²) >= 11 is 3.19. The normalized spacial score (nSPS) is 27.7. The predicted molar refractivity (Wildman–Crippen MR) is 62.5 cm³/mol. The Balaban J connectivity index is 2.49. The maximum absolute atomic E-state index is 11.3. The number of carbonyl (C=O) groups excluding carboxylic acids is 1. The molecule has 0 bridgehead atoms. The van der Waals surface area contributed by atoms with Gasteiger partial charge in [0.15, 0.2) is 0 Å². The Morgan fingerprint density at radius 3 is 2.64 bits per heavy atom. The lowest BCUT2D eigenvalue weighted by molar-refractivity contribution is -0.119. The molecule has 1 aliphatic rings. The number of carbonyl (C=O) groups is 1. The number of hydrogen-bond donors (Lipinski definition) is 1. The van der Waals surface area contributed by atoms with Crippen LogP contribution in [0.5, 0.6) is 0 Å². The van der Waals surface area contributed by atoms with Crippen LogP contribution in [0.15, 0.2) is 0 Å². The molecule has 1 N–H and O–H groups in total. The molecule has 1 saturated carbocycles. The molecule has 0 aromatic heterocycles. The summed E-state index contributed by atoms with van der Waals surface area (Å²) in [6.45, 7) is 4.51. The van der Waals surface area contributed by atoms with Crippen molar-refractivity contribution in [1.82, 2.24) is 5.32 Å². The first kappa shape index (κ1) is 12.0. The van der Waals surface area contributed by atoms with Crippen molar-refractivity contribution in [1.29, 1.82) is 0 Å². The Kier molecular flexibility index (Phi) is 4.93. The summed E-state index contributed by atoms with van der Waals surface area (Å²) in [7, 11) is 0. The van der Waals surface area contributed by atoms with Crippen LogP contribution in [-0.2, 0) is 4.79 Å². The van der Waals surface area contributed by atoms with Crippen molar-refractivity contribution in [2.75, 3.05) is 5.33 Å². The first-order valence-corrected chi connectivity index (χ1v) is 6.62. The molecular formula is C11H20BrNO. The molecule has 0 saturated heterocycles. The van der Waals surface area contributed by atoms with Gasteiger partial charge in [0.2, 0.25) is 5.91 Å². The highest BCUT2D eigenvalue weighted by Gasteiger charge is 2.28.